The Morgan fingerprint density at radius 1 is 1.23 bits per heavy atom. The molecule has 1 unspecified atom stereocenters. The van der Waals surface area contributed by atoms with Gasteiger partial charge in [-0.05, 0) is 37.5 Å². The molecule has 0 spiro atoms. The number of hydrogen-bond donors (Lipinski definition) is 2. The minimum Gasteiger partial charge on any atom is -0.497 e. The first-order chi connectivity index (χ1) is 10.4. The van der Waals surface area contributed by atoms with Crippen LogP contribution >= 0.6 is 0 Å². The molecule has 0 aliphatic heterocycles. The number of benzene rings is 1. The standard InChI is InChI=1S/C17H25NO4/c1-5-17(6-2,16(20)21)11-18-15(19)12(3)13-7-9-14(22-4)10-8-13/h7-10,12H,5-6,11H2,1-4H3,(H,18,19)(H,20,21). The topological polar surface area (TPSA) is 75.6 Å². The van der Waals surface area contributed by atoms with Crippen molar-refractivity contribution in [3.63, 3.8) is 0 Å². The Hall–Kier alpha value is -2.04. The smallest absolute Gasteiger partial charge is 0.311 e. The van der Waals surface area contributed by atoms with Crippen molar-refractivity contribution in [1.82, 2.24) is 5.32 Å². The highest BCUT2D eigenvalue weighted by molar-refractivity contribution is 5.84. The van der Waals surface area contributed by atoms with Crippen LogP contribution in [0, 0.1) is 5.41 Å². The summed E-state index contributed by atoms with van der Waals surface area (Å²) in [6.45, 7) is 5.61. The minimum absolute atomic E-state index is 0.147. The highest BCUT2D eigenvalue weighted by atomic mass is 16.5. The molecule has 0 saturated carbocycles. The number of carboxylic acids is 1. The Labute approximate surface area is 131 Å². The molecule has 5 nitrogen and oxygen atoms in total. The second kappa shape index (κ2) is 7.82. The fourth-order valence-electron chi connectivity index (χ4n) is 2.33. The van der Waals surface area contributed by atoms with E-state index < -0.39 is 11.4 Å². The molecule has 0 aliphatic rings. The summed E-state index contributed by atoms with van der Waals surface area (Å²) in [5, 5.41) is 12.2. The number of nitrogens with one attached hydrogen (secondary N) is 1. The minimum atomic E-state index is -0.894. The summed E-state index contributed by atoms with van der Waals surface area (Å²) in [6, 6.07) is 7.29. The molecule has 0 radical (unpaired) electrons. The molecule has 1 atom stereocenters. The van der Waals surface area contributed by atoms with E-state index in [1.54, 1.807) is 26.2 Å². The summed E-state index contributed by atoms with van der Waals surface area (Å²) >= 11 is 0. The quantitative estimate of drug-likeness (QED) is 0.774. The lowest BCUT2D eigenvalue weighted by atomic mass is 9.82. The van der Waals surface area contributed by atoms with Crippen molar-refractivity contribution in [3.8, 4) is 5.75 Å². The van der Waals surface area contributed by atoms with Crippen molar-refractivity contribution in [2.45, 2.75) is 39.5 Å². The highest BCUT2D eigenvalue weighted by Gasteiger charge is 2.35. The van der Waals surface area contributed by atoms with Crippen molar-refractivity contribution in [2.24, 2.45) is 5.41 Å². The van der Waals surface area contributed by atoms with E-state index in [0.717, 1.165) is 11.3 Å². The number of methoxy groups -OCH3 is 1. The molecule has 1 rings (SSSR count). The van der Waals surface area contributed by atoms with Crippen LogP contribution in [0.1, 0.15) is 45.1 Å². The van der Waals surface area contributed by atoms with Crippen molar-refractivity contribution in [1.29, 1.82) is 0 Å². The van der Waals surface area contributed by atoms with Crippen molar-refractivity contribution in [3.05, 3.63) is 29.8 Å². The second-order valence-corrected chi connectivity index (χ2v) is 5.51. The number of carbonyl (C=O) groups is 2. The molecule has 1 amide bonds. The Morgan fingerprint density at radius 3 is 2.18 bits per heavy atom. The van der Waals surface area contributed by atoms with E-state index in [1.807, 2.05) is 26.0 Å². The monoisotopic (exact) mass is 307 g/mol. The van der Waals surface area contributed by atoms with Gasteiger partial charge in [0, 0.05) is 6.54 Å². The normalized spacial score (nSPS) is 12.5. The van der Waals surface area contributed by atoms with E-state index in [-0.39, 0.29) is 18.4 Å². The molecule has 0 heterocycles. The molecule has 22 heavy (non-hydrogen) atoms. The van der Waals surface area contributed by atoms with Crippen LogP contribution in [0.15, 0.2) is 24.3 Å². The van der Waals surface area contributed by atoms with Crippen LogP contribution in [0.3, 0.4) is 0 Å². The number of amides is 1. The van der Waals surface area contributed by atoms with Crippen LogP contribution in [0.25, 0.3) is 0 Å². The van der Waals surface area contributed by atoms with E-state index in [4.69, 9.17) is 4.74 Å². The van der Waals surface area contributed by atoms with Crippen LogP contribution in [0.4, 0.5) is 0 Å². The Balaban J connectivity index is 2.72. The molecular formula is C17H25NO4. The summed E-state index contributed by atoms with van der Waals surface area (Å²) < 4.78 is 5.09. The zero-order chi connectivity index (χ0) is 16.8. The molecule has 5 heteroatoms. The SMILES string of the molecule is CCC(CC)(CNC(=O)C(C)c1ccc(OC)cc1)C(=O)O. The van der Waals surface area contributed by atoms with Crippen LogP contribution in [0.2, 0.25) is 0 Å². The summed E-state index contributed by atoms with van der Waals surface area (Å²) in [7, 11) is 1.59. The van der Waals surface area contributed by atoms with E-state index in [1.165, 1.54) is 0 Å². The van der Waals surface area contributed by atoms with Crippen LogP contribution < -0.4 is 10.1 Å². The van der Waals surface area contributed by atoms with E-state index in [9.17, 15) is 14.7 Å². The number of carboxylic acid groups (broad SMARTS) is 1. The number of aliphatic carboxylic acids is 1. The molecule has 0 bridgehead atoms. The third-order valence-electron chi connectivity index (χ3n) is 4.42. The van der Waals surface area contributed by atoms with Gasteiger partial charge in [0.15, 0.2) is 0 Å². The van der Waals surface area contributed by atoms with Gasteiger partial charge in [-0.1, -0.05) is 26.0 Å². The number of rotatable bonds is 8. The maximum atomic E-state index is 12.3. The average molecular weight is 307 g/mol. The van der Waals surface area contributed by atoms with E-state index in [0.29, 0.717) is 12.8 Å². The van der Waals surface area contributed by atoms with Gasteiger partial charge in [-0.2, -0.15) is 0 Å². The van der Waals surface area contributed by atoms with Crippen LogP contribution in [-0.4, -0.2) is 30.6 Å². The van der Waals surface area contributed by atoms with Crippen LogP contribution in [-0.2, 0) is 9.59 Å². The van der Waals surface area contributed by atoms with Crippen molar-refractivity contribution < 1.29 is 19.4 Å². The molecule has 1 aromatic rings. The van der Waals surface area contributed by atoms with Gasteiger partial charge in [-0.3, -0.25) is 9.59 Å². The van der Waals surface area contributed by atoms with E-state index >= 15 is 0 Å². The summed E-state index contributed by atoms with van der Waals surface area (Å²) in [4.78, 5) is 23.7. The number of ether oxygens (including phenoxy) is 1. The van der Waals surface area contributed by atoms with Crippen molar-refractivity contribution in [2.75, 3.05) is 13.7 Å². The van der Waals surface area contributed by atoms with Gasteiger partial charge < -0.3 is 15.2 Å². The molecule has 122 valence electrons. The first-order valence-electron chi connectivity index (χ1n) is 7.55. The molecule has 1 aromatic carbocycles. The molecule has 0 fully saturated rings. The highest BCUT2D eigenvalue weighted by Crippen LogP contribution is 2.26. The predicted octanol–water partition coefficient (Wildman–Crippen LogP) is 2.81. The Kier molecular flexibility index (Phi) is 6.40. The average Bonchev–Trinajstić information content (AvgIpc) is 2.55. The van der Waals surface area contributed by atoms with E-state index in [2.05, 4.69) is 5.32 Å². The Bertz CT molecular complexity index is 506. The maximum absolute atomic E-state index is 12.3. The lowest BCUT2D eigenvalue weighted by Gasteiger charge is -2.27. The molecule has 0 saturated heterocycles. The first-order valence-corrected chi connectivity index (χ1v) is 7.55. The zero-order valence-corrected chi connectivity index (χ0v) is 13.7. The molecule has 2 N–H and O–H groups in total. The third kappa shape index (κ3) is 4.00. The second-order valence-electron chi connectivity index (χ2n) is 5.51. The number of carbonyl (C=O) groups excluding carboxylic acids is 1. The largest absolute Gasteiger partial charge is 0.497 e. The molecule has 0 aliphatic carbocycles. The Morgan fingerprint density at radius 2 is 1.77 bits per heavy atom. The first kappa shape index (κ1) is 18.0. The van der Waals surface area contributed by atoms with Crippen LogP contribution in [0.5, 0.6) is 5.75 Å². The van der Waals surface area contributed by atoms with Gasteiger partial charge >= 0.3 is 5.97 Å². The zero-order valence-electron chi connectivity index (χ0n) is 13.7. The molecule has 0 aromatic heterocycles. The fourth-order valence-corrected chi connectivity index (χ4v) is 2.33. The number of hydrogen-bond acceptors (Lipinski definition) is 3. The van der Waals surface area contributed by atoms with Gasteiger partial charge in [-0.15, -0.1) is 0 Å². The maximum Gasteiger partial charge on any atom is 0.311 e. The van der Waals surface area contributed by atoms with Gasteiger partial charge in [-0.25, -0.2) is 0 Å². The summed E-state index contributed by atoms with van der Waals surface area (Å²) in [6.07, 6.45) is 0.964. The van der Waals surface area contributed by atoms with Gasteiger partial charge in [0.25, 0.3) is 0 Å². The van der Waals surface area contributed by atoms with Gasteiger partial charge in [0.2, 0.25) is 5.91 Å². The van der Waals surface area contributed by atoms with Gasteiger partial charge in [0.05, 0.1) is 18.4 Å². The molecular weight excluding hydrogens is 282 g/mol. The van der Waals surface area contributed by atoms with Crippen molar-refractivity contribution >= 4 is 11.9 Å². The summed E-state index contributed by atoms with van der Waals surface area (Å²) in [5.41, 5.74) is -0.0258. The predicted molar refractivity (Wildman–Crippen MR) is 85.1 cm³/mol. The summed E-state index contributed by atoms with van der Waals surface area (Å²) in [5.74, 6) is -0.642. The fraction of sp³-hybridized carbons (Fsp3) is 0.529. The lowest BCUT2D eigenvalue weighted by molar-refractivity contribution is -0.149. The van der Waals surface area contributed by atoms with Gasteiger partial charge in [0.1, 0.15) is 5.75 Å². The lowest BCUT2D eigenvalue weighted by Crippen LogP contribution is -2.43. The third-order valence-corrected chi connectivity index (χ3v) is 4.42.